The Morgan fingerprint density at radius 1 is 1.09 bits per heavy atom. The molecule has 172 valence electrons. The zero-order valence-electron chi connectivity index (χ0n) is 18.8. The van der Waals surface area contributed by atoms with Crippen LogP contribution in [0, 0.1) is 5.92 Å². The SMILES string of the molecule is COCc1ccc(-c2ccccc2C2CC2C(=O)N2CCCC(NS(C)(=O)=O)CC2)cc1. The van der Waals surface area contributed by atoms with Crippen LogP contribution in [0.4, 0.5) is 0 Å². The fraction of sp³-hybridized carbons (Fsp3) is 0.480. The Morgan fingerprint density at radius 3 is 2.56 bits per heavy atom. The molecule has 2 aromatic rings. The molecule has 1 N–H and O–H groups in total. The number of rotatable bonds is 7. The number of sulfonamides is 1. The van der Waals surface area contributed by atoms with Gasteiger partial charge in [-0.2, -0.15) is 0 Å². The number of methoxy groups -OCH3 is 1. The van der Waals surface area contributed by atoms with Gasteiger partial charge in [-0.25, -0.2) is 13.1 Å². The number of carbonyl (C=O) groups excluding carboxylic acids is 1. The second-order valence-electron chi connectivity index (χ2n) is 9.01. The first kappa shape index (κ1) is 23.0. The lowest BCUT2D eigenvalue weighted by atomic mass is 9.95. The molecule has 1 amide bonds. The van der Waals surface area contributed by atoms with Gasteiger partial charge in [-0.3, -0.25) is 4.79 Å². The van der Waals surface area contributed by atoms with Crippen molar-refractivity contribution in [1.82, 2.24) is 9.62 Å². The average molecular weight is 457 g/mol. The maximum absolute atomic E-state index is 13.2. The van der Waals surface area contributed by atoms with Crippen molar-refractivity contribution in [3.8, 4) is 11.1 Å². The molecule has 3 atom stereocenters. The number of carbonyl (C=O) groups is 1. The molecule has 0 spiro atoms. The van der Waals surface area contributed by atoms with Crippen LogP contribution in [0.15, 0.2) is 48.5 Å². The summed E-state index contributed by atoms with van der Waals surface area (Å²) in [6.07, 6.45) is 4.32. The van der Waals surface area contributed by atoms with E-state index in [1.54, 1.807) is 7.11 Å². The molecule has 2 fully saturated rings. The van der Waals surface area contributed by atoms with Crippen LogP contribution in [0.2, 0.25) is 0 Å². The molecule has 0 bridgehead atoms. The highest BCUT2D eigenvalue weighted by Crippen LogP contribution is 2.51. The minimum absolute atomic E-state index is 0.0170. The number of ether oxygens (including phenoxy) is 1. The van der Waals surface area contributed by atoms with Crippen molar-refractivity contribution in [2.45, 2.75) is 44.2 Å². The summed E-state index contributed by atoms with van der Waals surface area (Å²) in [6, 6.07) is 16.7. The maximum Gasteiger partial charge on any atom is 0.226 e. The van der Waals surface area contributed by atoms with Gasteiger partial charge < -0.3 is 9.64 Å². The van der Waals surface area contributed by atoms with E-state index in [2.05, 4.69) is 41.1 Å². The van der Waals surface area contributed by atoms with Crippen molar-refractivity contribution >= 4 is 15.9 Å². The van der Waals surface area contributed by atoms with E-state index in [0.29, 0.717) is 26.1 Å². The first-order chi connectivity index (χ1) is 15.4. The summed E-state index contributed by atoms with van der Waals surface area (Å²) < 4.78 is 31.0. The highest BCUT2D eigenvalue weighted by molar-refractivity contribution is 7.88. The van der Waals surface area contributed by atoms with E-state index in [4.69, 9.17) is 4.74 Å². The number of amides is 1. The molecule has 1 saturated heterocycles. The van der Waals surface area contributed by atoms with Gasteiger partial charge >= 0.3 is 0 Å². The second kappa shape index (κ2) is 9.73. The zero-order valence-corrected chi connectivity index (χ0v) is 19.6. The van der Waals surface area contributed by atoms with Crippen LogP contribution in [-0.4, -0.2) is 51.7 Å². The first-order valence-electron chi connectivity index (χ1n) is 11.3. The van der Waals surface area contributed by atoms with Crippen molar-refractivity contribution in [2.24, 2.45) is 5.92 Å². The van der Waals surface area contributed by atoms with Crippen LogP contribution in [-0.2, 0) is 26.2 Å². The van der Waals surface area contributed by atoms with Crippen LogP contribution < -0.4 is 4.72 Å². The number of nitrogens with one attached hydrogen (secondary N) is 1. The molecule has 2 aliphatic rings. The Hall–Kier alpha value is -2.22. The van der Waals surface area contributed by atoms with Crippen LogP contribution in [0.3, 0.4) is 0 Å². The maximum atomic E-state index is 13.2. The van der Waals surface area contributed by atoms with Crippen molar-refractivity contribution in [3.05, 3.63) is 59.7 Å². The summed E-state index contributed by atoms with van der Waals surface area (Å²) in [5.41, 5.74) is 4.71. The number of nitrogens with zero attached hydrogens (tertiary/aromatic N) is 1. The quantitative estimate of drug-likeness (QED) is 0.692. The van der Waals surface area contributed by atoms with Gasteiger partial charge in [0.1, 0.15) is 0 Å². The first-order valence-corrected chi connectivity index (χ1v) is 13.2. The van der Waals surface area contributed by atoms with Gasteiger partial charge in [0, 0.05) is 32.2 Å². The monoisotopic (exact) mass is 456 g/mol. The topological polar surface area (TPSA) is 75.7 Å². The highest BCUT2D eigenvalue weighted by Gasteiger charge is 2.46. The molecule has 6 nitrogen and oxygen atoms in total. The predicted octanol–water partition coefficient (Wildman–Crippen LogP) is 3.53. The van der Waals surface area contributed by atoms with Crippen molar-refractivity contribution < 1.29 is 17.9 Å². The number of likely N-dealkylation sites (tertiary alicyclic amines) is 1. The van der Waals surface area contributed by atoms with Gasteiger partial charge in [0.2, 0.25) is 15.9 Å². The van der Waals surface area contributed by atoms with E-state index in [-0.39, 0.29) is 23.8 Å². The van der Waals surface area contributed by atoms with E-state index in [9.17, 15) is 13.2 Å². The average Bonchev–Trinajstić information content (AvgIpc) is 3.58. The lowest BCUT2D eigenvalue weighted by Crippen LogP contribution is -2.36. The molecule has 0 radical (unpaired) electrons. The molecule has 1 heterocycles. The summed E-state index contributed by atoms with van der Waals surface area (Å²) >= 11 is 0. The van der Waals surface area contributed by atoms with E-state index in [0.717, 1.165) is 30.4 Å². The molecule has 1 aliphatic heterocycles. The summed E-state index contributed by atoms with van der Waals surface area (Å²) in [5.74, 6) is 0.467. The fourth-order valence-electron chi connectivity index (χ4n) is 4.81. The largest absolute Gasteiger partial charge is 0.380 e. The van der Waals surface area contributed by atoms with Crippen molar-refractivity contribution in [1.29, 1.82) is 0 Å². The normalized spacial score (nSPS) is 23.6. The highest BCUT2D eigenvalue weighted by atomic mass is 32.2. The second-order valence-corrected chi connectivity index (χ2v) is 10.8. The van der Waals surface area contributed by atoms with Crippen LogP contribution in [0.25, 0.3) is 11.1 Å². The van der Waals surface area contributed by atoms with Gasteiger partial charge in [-0.05, 0) is 53.9 Å². The minimum atomic E-state index is -3.22. The number of hydrogen-bond acceptors (Lipinski definition) is 4. The molecule has 32 heavy (non-hydrogen) atoms. The van der Waals surface area contributed by atoms with Gasteiger partial charge in [-0.15, -0.1) is 0 Å². The third kappa shape index (κ3) is 5.57. The molecule has 0 aromatic heterocycles. The van der Waals surface area contributed by atoms with Gasteiger partial charge in [0.25, 0.3) is 0 Å². The molecule has 1 saturated carbocycles. The molecule has 3 unspecified atom stereocenters. The van der Waals surface area contributed by atoms with E-state index >= 15 is 0 Å². The minimum Gasteiger partial charge on any atom is -0.380 e. The lowest BCUT2D eigenvalue weighted by molar-refractivity contribution is -0.132. The lowest BCUT2D eigenvalue weighted by Gasteiger charge is -2.21. The summed E-state index contributed by atoms with van der Waals surface area (Å²) in [6.45, 7) is 1.90. The predicted molar refractivity (Wildman–Crippen MR) is 126 cm³/mol. The molecule has 4 rings (SSSR count). The van der Waals surface area contributed by atoms with Crippen molar-refractivity contribution in [2.75, 3.05) is 26.5 Å². The molecular weight excluding hydrogens is 424 g/mol. The molecular formula is C25H32N2O4S. The van der Waals surface area contributed by atoms with Gasteiger partial charge in [0.15, 0.2) is 0 Å². The summed E-state index contributed by atoms with van der Waals surface area (Å²) in [5, 5.41) is 0. The van der Waals surface area contributed by atoms with Crippen LogP contribution in [0.5, 0.6) is 0 Å². The Morgan fingerprint density at radius 2 is 1.84 bits per heavy atom. The summed E-state index contributed by atoms with van der Waals surface area (Å²) in [4.78, 5) is 15.2. The Kier molecular flexibility index (Phi) is 6.98. The van der Waals surface area contributed by atoms with Crippen molar-refractivity contribution in [3.63, 3.8) is 0 Å². The Bertz CT molecular complexity index is 1050. The number of benzene rings is 2. The third-order valence-electron chi connectivity index (χ3n) is 6.46. The van der Waals surface area contributed by atoms with Crippen LogP contribution in [0.1, 0.15) is 42.7 Å². The fourth-order valence-corrected chi connectivity index (χ4v) is 5.66. The van der Waals surface area contributed by atoms with Crippen LogP contribution >= 0.6 is 0 Å². The van der Waals surface area contributed by atoms with Gasteiger partial charge in [-0.1, -0.05) is 48.5 Å². The van der Waals surface area contributed by atoms with E-state index < -0.39 is 10.0 Å². The van der Waals surface area contributed by atoms with Gasteiger partial charge in [0.05, 0.1) is 12.9 Å². The molecule has 1 aliphatic carbocycles. The zero-order chi connectivity index (χ0) is 22.7. The molecule has 7 heteroatoms. The Balaban J connectivity index is 1.43. The standard InChI is InChI=1S/C25H32N2O4S/c1-31-17-18-9-11-19(12-10-18)21-7-3-4-8-22(21)23-16-24(23)25(28)27-14-5-6-20(13-15-27)26-32(2,29)30/h3-4,7-12,20,23-24,26H,5-6,13-17H2,1-2H3. The summed E-state index contributed by atoms with van der Waals surface area (Å²) in [7, 11) is -1.53. The smallest absolute Gasteiger partial charge is 0.226 e. The number of hydrogen-bond donors (Lipinski definition) is 1. The van der Waals surface area contributed by atoms with E-state index in [1.165, 1.54) is 17.4 Å². The third-order valence-corrected chi connectivity index (χ3v) is 7.23. The molecule has 2 aromatic carbocycles. The van der Waals surface area contributed by atoms with E-state index in [1.807, 2.05) is 17.0 Å². The Labute approximate surface area is 191 Å².